The van der Waals surface area contributed by atoms with E-state index in [0.717, 1.165) is 11.5 Å². The Balaban J connectivity index is 1.79. The Labute approximate surface area is 154 Å². The van der Waals surface area contributed by atoms with Crippen LogP contribution in [0.15, 0.2) is 84.5 Å². The number of carbonyl (C=O) groups excluding carboxylic acids is 1. The van der Waals surface area contributed by atoms with Crippen LogP contribution in [0.5, 0.6) is 5.75 Å². The molecule has 0 amide bonds. The number of hydrogen-bond donors (Lipinski definition) is 0. The Hall–Kier alpha value is -3.13. The Bertz CT molecular complexity index is 965. The molecule has 2 nitrogen and oxygen atoms in total. The number of fused-ring (bicyclic) bond motifs is 1. The number of benzene rings is 2. The molecule has 0 heterocycles. The molecule has 0 saturated carbocycles. The number of hydrogen-bond acceptors (Lipinski definition) is 1. The van der Waals surface area contributed by atoms with Crippen molar-refractivity contribution >= 4 is 16.9 Å². The van der Waals surface area contributed by atoms with Crippen LogP contribution in [0, 0.1) is 6.42 Å². The lowest BCUT2D eigenvalue weighted by molar-refractivity contribution is -0.417. The van der Waals surface area contributed by atoms with E-state index in [4.69, 9.17) is 9.16 Å². The molecule has 2 aromatic carbocycles. The van der Waals surface area contributed by atoms with Gasteiger partial charge in [-0.15, -0.1) is 0 Å². The van der Waals surface area contributed by atoms with Crippen molar-refractivity contribution < 1.29 is 9.16 Å². The fourth-order valence-corrected chi connectivity index (χ4v) is 3.34. The number of methoxy groups -OCH3 is 1. The molecule has 4 rings (SSSR count). The fraction of sp³-hybridized carbons (Fsp3) is 0.0833. The summed E-state index contributed by atoms with van der Waals surface area (Å²) in [6.45, 7) is 0. The molecular weight excluding hydrogens is 320 g/mol. The molecule has 0 fully saturated rings. The van der Waals surface area contributed by atoms with Gasteiger partial charge in [0, 0.05) is 18.6 Å². The van der Waals surface area contributed by atoms with Crippen LogP contribution < -0.4 is 4.74 Å². The highest BCUT2D eigenvalue weighted by atomic mass is 16.5. The van der Waals surface area contributed by atoms with Gasteiger partial charge in [0.1, 0.15) is 5.75 Å². The van der Waals surface area contributed by atoms with Crippen LogP contribution in [0.2, 0.25) is 0 Å². The second kappa shape index (κ2) is 7.01. The van der Waals surface area contributed by atoms with Gasteiger partial charge >= 0.3 is 5.78 Å². The summed E-state index contributed by atoms with van der Waals surface area (Å²) < 4.78 is 10.6. The summed E-state index contributed by atoms with van der Waals surface area (Å²) in [5.41, 5.74) is 7.30. The van der Waals surface area contributed by atoms with E-state index >= 15 is 0 Å². The van der Waals surface area contributed by atoms with E-state index < -0.39 is 0 Å². The molecule has 127 valence electrons. The molecule has 0 N–H and O–H groups in total. The maximum atomic E-state index is 5.28. The Morgan fingerprint density at radius 2 is 1.50 bits per heavy atom. The van der Waals surface area contributed by atoms with Crippen LogP contribution >= 0.6 is 0 Å². The molecule has 2 aromatic rings. The third-order valence-corrected chi connectivity index (χ3v) is 4.73. The maximum absolute atomic E-state index is 5.28. The summed E-state index contributed by atoms with van der Waals surface area (Å²) >= 11 is 0. The second-order valence-corrected chi connectivity index (χ2v) is 6.16. The molecule has 0 spiro atoms. The second-order valence-electron chi connectivity index (χ2n) is 6.16. The zero-order chi connectivity index (χ0) is 17.9. The van der Waals surface area contributed by atoms with Crippen LogP contribution in [-0.2, 0) is 4.42 Å². The van der Waals surface area contributed by atoms with E-state index in [1.165, 1.54) is 33.4 Å². The topological polar surface area (TPSA) is 20.5 Å². The van der Waals surface area contributed by atoms with Crippen molar-refractivity contribution in [2.75, 3.05) is 14.2 Å². The van der Waals surface area contributed by atoms with Gasteiger partial charge in [-0.25, -0.2) is 0 Å². The Morgan fingerprint density at radius 1 is 0.808 bits per heavy atom. The standard InChI is InChI=1S/C24H20O2/c1-25-19-11-7-17(8-12-19)21-15-16-22(24-6-4-3-5-23(21)24)18-9-13-20(26-2)14-10-18/h3-16H,1-2H3/q+1. The Morgan fingerprint density at radius 3 is 2.15 bits per heavy atom. The highest BCUT2D eigenvalue weighted by Gasteiger charge is 2.20. The molecule has 0 aromatic heterocycles. The quantitative estimate of drug-likeness (QED) is 0.708. The predicted molar refractivity (Wildman–Crippen MR) is 107 cm³/mol. The third kappa shape index (κ3) is 2.95. The van der Waals surface area contributed by atoms with Crippen molar-refractivity contribution in [3.63, 3.8) is 0 Å². The number of ketones is 1. The average Bonchev–Trinajstić information content (AvgIpc) is 2.73. The first-order chi connectivity index (χ1) is 12.8. The van der Waals surface area contributed by atoms with Crippen LogP contribution in [-0.4, -0.2) is 20.0 Å². The number of allylic oxidation sites excluding steroid dienone is 7. The number of ether oxygens (including phenoxy) is 1. The van der Waals surface area contributed by atoms with Crippen LogP contribution in [0.25, 0.3) is 11.1 Å². The lowest BCUT2D eigenvalue weighted by Crippen LogP contribution is -2.04. The minimum atomic E-state index is 0.868. The molecule has 1 radical (unpaired) electrons. The largest absolute Gasteiger partial charge is 0.497 e. The van der Waals surface area contributed by atoms with E-state index in [1.54, 1.807) is 14.2 Å². The summed E-state index contributed by atoms with van der Waals surface area (Å²) in [6.07, 6.45) is 12.6. The van der Waals surface area contributed by atoms with Crippen molar-refractivity contribution in [2.45, 2.75) is 0 Å². The van der Waals surface area contributed by atoms with E-state index in [0.29, 0.717) is 0 Å². The van der Waals surface area contributed by atoms with Crippen LogP contribution in [0.4, 0.5) is 0 Å². The number of rotatable bonds is 2. The monoisotopic (exact) mass is 340 g/mol. The van der Waals surface area contributed by atoms with E-state index in [9.17, 15) is 0 Å². The first-order valence-electron chi connectivity index (χ1n) is 8.61. The van der Waals surface area contributed by atoms with Crippen LogP contribution in [0.1, 0.15) is 16.7 Å². The zero-order valence-corrected chi connectivity index (χ0v) is 14.9. The van der Waals surface area contributed by atoms with Crippen molar-refractivity contribution in [1.82, 2.24) is 0 Å². The molecular formula is C24H20O2+. The van der Waals surface area contributed by atoms with Gasteiger partial charge in [-0.05, 0) is 57.7 Å². The van der Waals surface area contributed by atoms with Gasteiger partial charge in [0.25, 0.3) is 7.11 Å². The summed E-state index contributed by atoms with van der Waals surface area (Å²) in [7, 11) is 3.38. The molecule has 2 aliphatic rings. The average molecular weight is 340 g/mol. The minimum absolute atomic E-state index is 0.868. The van der Waals surface area contributed by atoms with Gasteiger partial charge < -0.3 is 4.74 Å². The summed E-state index contributed by atoms with van der Waals surface area (Å²) in [6, 6.07) is 16.8. The molecule has 2 heteroatoms. The van der Waals surface area contributed by atoms with E-state index in [1.807, 2.05) is 24.3 Å². The maximum Gasteiger partial charge on any atom is 0.343 e. The summed E-state index contributed by atoms with van der Waals surface area (Å²) in [5.74, 6) is 1.74. The van der Waals surface area contributed by atoms with Gasteiger partial charge in [0.2, 0.25) is 0 Å². The Kier molecular flexibility index (Phi) is 4.40. The third-order valence-electron chi connectivity index (χ3n) is 4.73. The van der Waals surface area contributed by atoms with Gasteiger partial charge in [-0.2, -0.15) is 0 Å². The molecule has 26 heavy (non-hydrogen) atoms. The molecule has 0 bridgehead atoms. The van der Waals surface area contributed by atoms with Crippen molar-refractivity contribution in [3.8, 4) is 5.75 Å². The van der Waals surface area contributed by atoms with E-state index in [-0.39, 0.29) is 0 Å². The SMILES string of the molecule is COc1ccc(C2=C[CH]C(=C3C=CC(=[O+]C)C=C3)c3ccccc32)cc1. The van der Waals surface area contributed by atoms with Crippen molar-refractivity contribution in [2.24, 2.45) is 0 Å². The van der Waals surface area contributed by atoms with Gasteiger partial charge in [0.15, 0.2) is 0 Å². The van der Waals surface area contributed by atoms with Gasteiger partial charge in [0.05, 0.1) is 7.11 Å². The molecule has 2 aliphatic carbocycles. The first kappa shape index (κ1) is 16.3. The fourth-order valence-electron chi connectivity index (χ4n) is 3.34. The highest BCUT2D eigenvalue weighted by molar-refractivity contribution is 6.04. The predicted octanol–water partition coefficient (Wildman–Crippen LogP) is 4.96. The van der Waals surface area contributed by atoms with Gasteiger partial charge in [-0.1, -0.05) is 42.5 Å². The lowest BCUT2D eigenvalue weighted by Gasteiger charge is -2.22. The first-order valence-corrected chi connectivity index (χ1v) is 8.61. The molecule has 0 atom stereocenters. The smallest absolute Gasteiger partial charge is 0.343 e. The summed E-state index contributed by atoms with van der Waals surface area (Å²) in [4.78, 5) is 0. The van der Waals surface area contributed by atoms with Crippen molar-refractivity contribution in [3.05, 3.63) is 108 Å². The minimum Gasteiger partial charge on any atom is -0.497 e. The van der Waals surface area contributed by atoms with Crippen LogP contribution in [0.3, 0.4) is 0 Å². The normalized spacial score (nSPS) is 15.6. The molecule has 0 saturated heterocycles. The lowest BCUT2D eigenvalue weighted by atomic mass is 9.81. The summed E-state index contributed by atoms with van der Waals surface area (Å²) in [5, 5.41) is 0. The van der Waals surface area contributed by atoms with Gasteiger partial charge in [-0.3, -0.25) is 4.42 Å². The van der Waals surface area contributed by atoms with Crippen molar-refractivity contribution in [1.29, 1.82) is 0 Å². The highest BCUT2D eigenvalue weighted by Crippen LogP contribution is 2.39. The zero-order valence-electron chi connectivity index (χ0n) is 14.9. The van der Waals surface area contributed by atoms with E-state index in [2.05, 4.69) is 61.0 Å². The molecule has 0 aliphatic heterocycles. The molecule has 0 unspecified atom stereocenters.